The zero-order valence-corrected chi connectivity index (χ0v) is 12.5. The minimum Gasteiger partial charge on any atom is -0.478 e. The molecule has 7 nitrogen and oxygen atoms in total. The first-order chi connectivity index (χ1) is 9.90. The van der Waals surface area contributed by atoms with Crippen molar-refractivity contribution in [2.45, 2.75) is 18.7 Å². The Balaban J connectivity index is 2.30. The number of ether oxygens (including phenoxy) is 1. The molecule has 1 aromatic carbocycles. The Labute approximate surface area is 123 Å². The molecule has 3 N–H and O–H groups in total. The van der Waals surface area contributed by atoms with Crippen molar-refractivity contribution in [1.29, 1.82) is 0 Å². The van der Waals surface area contributed by atoms with Gasteiger partial charge in [-0.25, -0.2) is 13.4 Å². The van der Waals surface area contributed by atoms with E-state index in [4.69, 9.17) is 10.5 Å². The number of nitrogens with two attached hydrogens (primary N) is 1. The summed E-state index contributed by atoms with van der Waals surface area (Å²) in [7, 11) is -3.73. The summed E-state index contributed by atoms with van der Waals surface area (Å²) in [6.45, 7) is 3.90. The Hall–Kier alpha value is -2.35. The molecule has 0 radical (unpaired) electrons. The lowest BCUT2D eigenvalue weighted by molar-refractivity contribution is 0.325. The van der Waals surface area contributed by atoms with Crippen molar-refractivity contribution in [3.63, 3.8) is 0 Å². The van der Waals surface area contributed by atoms with E-state index in [-0.39, 0.29) is 10.7 Å². The van der Waals surface area contributed by atoms with Crippen molar-refractivity contribution < 1.29 is 13.2 Å². The first-order valence-corrected chi connectivity index (χ1v) is 7.76. The average molecular weight is 308 g/mol. The maximum Gasteiger partial charge on any atom is 0.263 e. The maximum absolute atomic E-state index is 12.2. The van der Waals surface area contributed by atoms with Gasteiger partial charge in [0.2, 0.25) is 5.88 Å². The highest BCUT2D eigenvalue weighted by molar-refractivity contribution is 7.92. The summed E-state index contributed by atoms with van der Waals surface area (Å²) in [5.74, 6) is 0.888. The van der Waals surface area contributed by atoms with Gasteiger partial charge in [0.25, 0.3) is 10.0 Å². The monoisotopic (exact) mass is 308 g/mol. The first-order valence-electron chi connectivity index (χ1n) is 6.27. The standard InChI is InChI=1S/C13H16N4O3S/c1-3-20-13-8-12(15-9(2)16-13)17-21(18,19)11-6-4-10(14)5-7-11/h4-8H,3,14H2,1-2H3,(H,15,16,17). The highest BCUT2D eigenvalue weighted by Gasteiger charge is 2.15. The summed E-state index contributed by atoms with van der Waals surface area (Å²) in [6.07, 6.45) is 0. The van der Waals surface area contributed by atoms with Crippen LogP contribution in [0.5, 0.6) is 5.88 Å². The lowest BCUT2D eigenvalue weighted by atomic mass is 10.3. The molecule has 112 valence electrons. The maximum atomic E-state index is 12.2. The van der Waals surface area contributed by atoms with Gasteiger partial charge in [-0.2, -0.15) is 4.98 Å². The van der Waals surface area contributed by atoms with E-state index < -0.39 is 10.0 Å². The van der Waals surface area contributed by atoms with E-state index in [1.165, 1.54) is 30.3 Å². The fourth-order valence-electron chi connectivity index (χ4n) is 1.66. The van der Waals surface area contributed by atoms with Gasteiger partial charge in [0.1, 0.15) is 11.6 Å². The number of hydrogen-bond donors (Lipinski definition) is 2. The van der Waals surface area contributed by atoms with Gasteiger partial charge in [0.05, 0.1) is 11.5 Å². The highest BCUT2D eigenvalue weighted by atomic mass is 32.2. The molecular formula is C13H16N4O3S. The molecule has 8 heteroatoms. The molecule has 0 saturated heterocycles. The molecule has 2 aromatic rings. The van der Waals surface area contributed by atoms with Gasteiger partial charge in [0.15, 0.2) is 0 Å². The molecule has 0 amide bonds. The van der Waals surface area contributed by atoms with Crippen LogP contribution in [-0.2, 0) is 10.0 Å². The topological polar surface area (TPSA) is 107 Å². The molecule has 0 aliphatic carbocycles. The Morgan fingerprint density at radius 2 is 1.90 bits per heavy atom. The van der Waals surface area contributed by atoms with Crippen molar-refractivity contribution in [1.82, 2.24) is 9.97 Å². The molecule has 0 saturated carbocycles. The summed E-state index contributed by atoms with van der Waals surface area (Å²) in [5, 5.41) is 0. The van der Waals surface area contributed by atoms with Gasteiger partial charge in [-0.1, -0.05) is 0 Å². The van der Waals surface area contributed by atoms with Crippen molar-refractivity contribution in [2.24, 2.45) is 0 Å². The van der Waals surface area contributed by atoms with Crippen LogP contribution in [0.2, 0.25) is 0 Å². The third-order valence-electron chi connectivity index (χ3n) is 2.54. The average Bonchev–Trinajstić information content (AvgIpc) is 2.38. The number of nitrogens with one attached hydrogen (secondary N) is 1. The minimum absolute atomic E-state index is 0.103. The van der Waals surface area contributed by atoms with Crippen LogP contribution in [0.4, 0.5) is 11.5 Å². The van der Waals surface area contributed by atoms with Crippen LogP contribution in [0.1, 0.15) is 12.7 Å². The number of sulfonamides is 1. The van der Waals surface area contributed by atoms with Crippen LogP contribution in [0.15, 0.2) is 35.2 Å². The number of benzene rings is 1. The smallest absolute Gasteiger partial charge is 0.263 e. The summed E-state index contributed by atoms with van der Waals surface area (Å²) >= 11 is 0. The van der Waals surface area contributed by atoms with Crippen LogP contribution in [-0.4, -0.2) is 25.0 Å². The highest BCUT2D eigenvalue weighted by Crippen LogP contribution is 2.18. The molecule has 0 aliphatic rings. The number of aryl methyl sites for hydroxylation is 1. The fourth-order valence-corrected chi connectivity index (χ4v) is 2.65. The molecular weight excluding hydrogens is 292 g/mol. The number of aromatic nitrogens is 2. The summed E-state index contributed by atoms with van der Waals surface area (Å²) in [6, 6.07) is 7.33. The van der Waals surface area contributed by atoms with E-state index in [1.54, 1.807) is 6.92 Å². The van der Waals surface area contributed by atoms with Gasteiger partial charge in [0, 0.05) is 11.8 Å². The Morgan fingerprint density at radius 3 is 2.52 bits per heavy atom. The van der Waals surface area contributed by atoms with E-state index in [2.05, 4.69) is 14.7 Å². The number of hydrogen-bond acceptors (Lipinski definition) is 6. The van der Waals surface area contributed by atoms with Gasteiger partial charge in [-0.05, 0) is 38.1 Å². The zero-order chi connectivity index (χ0) is 15.5. The Bertz CT molecular complexity index is 730. The number of nitrogens with zero attached hydrogens (tertiary/aromatic N) is 2. The molecule has 0 fully saturated rings. The zero-order valence-electron chi connectivity index (χ0n) is 11.7. The van der Waals surface area contributed by atoms with Gasteiger partial charge in [-0.15, -0.1) is 0 Å². The molecule has 0 bridgehead atoms. The summed E-state index contributed by atoms with van der Waals surface area (Å²) < 4.78 is 32.1. The quantitative estimate of drug-likeness (QED) is 0.812. The van der Waals surface area contributed by atoms with E-state index >= 15 is 0 Å². The number of nitrogen functional groups attached to an aromatic ring is 1. The van der Waals surface area contributed by atoms with Crippen LogP contribution >= 0.6 is 0 Å². The Kier molecular flexibility index (Phi) is 4.27. The fraction of sp³-hybridized carbons (Fsp3) is 0.231. The van der Waals surface area contributed by atoms with E-state index in [0.29, 0.717) is 24.0 Å². The summed E-state index contributed by atoms with van der Waals surface area (Å²) in [4.78, 5) is 8.19. The Morgan fingerprint density at radius 1 is 1.24 bits per heavy atom. The molecule has 0 spiro atoms. The predicted octanol–water partition coefficient (Wildman–Crippen LogP) is 1.57. The second-order valence-electron chi connectivity index (χ2n) is 4.25. The van der Waals surface area contributed by atoms with Gasteiger partial charge < -0.3 is 10.5 Å². The van der Waals surface area contributed by atoms with Crippen molar-refractivity contribution in [3.8, 4) is 5.88 Å². The third-order valence-corrected chi connectivity index (χ3v) is 3.91. The van der Waals surface area contributed by atoms with Crippen molar-refractivity contribution in [3.05, 3.63) is 36.2 Å². The van der Waals surface area contributed by atoms with Crippen LogP contribution in [0, 0.1) is 6.92 Å². The first kappa shape index (κ1) is 15.0. The SMILES string of the molecule is CCOc1cc(NS(=O)(=O)c2ccc(N)cc2)nc(C)n1. The van der Waals surface area contributed by atoms with Crippen LogP contribution in [0.25, 0.3) is 0 Å². The van der Waals surface area contributed by atoms with Gasteiger partial charge >= 0.3 is 0 Å². The predicted molar refractivity (Wildman–Crippen MR) is 79.6 cm³/mol. The molecule has 1 heterocycles. The normalized spacial score (nSPS) is 11.1. The molecule has 21 heavy (non-hydrogen) atoms. The molecule has 2 rings (SSSR count). The van der Waals surface area contributed by atoms with E-state index in [9.17, 15) is 8.42 Å². The minimum atomic E-state index is -3.73. The third kappa shape index (κ3) is 3.82. The second-order valence-corrected chi connectivity index (χ2v) is 5.93. The molecule has 0 aliphatic heterocycles. The lowest BCUT2D eigenvalue weighted by Gasteiger charge is -2.09. The van der Waals surface area contributed by atoms with E-state index in [0.717, 1.165) is 0 Å². The lowest BCUT2D eigenvalue weighted by Crippen LogP contribution is -2.14. The van der Waals surface area contributed by atoms with Gasteiger partial charge in [-0.3, -0.25) is 4.72 Å². The molecule has 1 aromatic heterocycles. The number of anilines is 2. The van der Waals surface area contributed by atoms with Crippen molar-refractivity contribution in [2.75, 3.05) is 17.1 Å². The summed E-state index contributed by atoms with van der Waals surface area (Å²) in [5.41, 5.74) is 6.03. The molecule has 0 unspecified atom stereocenters. The van der Waals surface area contributed by atoms with Crippen LogP contribution in [0.3, 0.4) is 0 Å². The largest absolute Gasteiger partial charge is 0.478 e. The second kappa shape index (κ2) is 5.96. The van der Waals surface area contributed by atoms with E-state index in [1.807, 2.05) is 6.92 Å². The van der Waals surface area contributed by atoms with Crippen LogP contribution < -0.4 is 15.2 Å². The molecule has 0 atom stereocenters. The number of rotatable bonds is 5. The van der Waals surface area contributed by atoms with Crippen molar-refractivity contribution >= 4 is 21.5 Å².